The molecule has 0 radical (unpaired) electrons. The lowest BCUT2D eigenvalue weighted by atomic mass is 10.1. The summed E-state index contributed by atoms with van der Waals surface area (Å²) in [4.78, 5) is 0. The molecule has 0 saturated heterocycles. The van der Waals surface area contributed by atoms with Crippen LogP contribution >= 0.6 is 11.8 Å². The Bertz CT molecular complexity index is 256. The van der Waals surface area contributed by atoms with Crippen LogP contribution in [0.2, 0.25) is 0 Å². The maximum atomic E-state index is 5.55. The van der Waals surface area contributed by atoms with Gasteiger partial charge in [-0.25, -0.2) is 0 Å². The molecule has 0 unspecified atom stereocenters. The molecule has 0 heterocycles. The standard InChI is InChI=1S/C13H21NS/c1-2-3-4-9-15-11-13-7-5-12(10-14)6-8-13/h5-8H,2-4,9-11,14H2,1H3. The van der Waals surface area contributed by atoms with Gasteiger partial charge < -0.3 is 5.73 Å². The fraction of sp³-hybridized carbons (Fsp3) is 0.538. The first-order valence-electron chi connectivity index (χ1n) is 5.72. The summed E-state index contributed by atoms with van der Waals surface area (Å²) in [7, 11) is 0. The van der Waals surface area contributed by atoms with Gasteiger partial charge in [0.2, 0.25) is 0 Å². The summed E-state index contributed by atoms with van der Waals surface area (Å²) < 4.78 is 0. The number of hydrogen-bond donors (Lipinski definition) is 1. The molecule has 0 atom stereocenters. The minimum Gasteiger partial charge on any atom is -0.326 e. The Morgan fingerprint density at radius 3 is 2.33 bits per heavy atom. The molecule has 0 spiro atoms. The minimum absolute atomic E-state index is 0.643. The summed E-state index contributed by atoms with van der Waals surface area (Å²) in [6.45, 7) is 2.89. The van der Waals surface area contributed by atoms with E-state index in [1.165, 1.54) is 36.1 Å². The van der Waals surface area contributed by atoms with E-state index in [1.54, 1.807) is 0 Å². The molecule has 84 valence electrons. The Morgan fingerprint density at radius 2 is 1.73 bits per heavy atom. The molecule has 1 aromatic rings. The number of hydrogen-bond acceptors (Lipinski definition) is 2. The summed E-state index contributed by atoms with van der Waals surface area (Å²) in [6.07, 6.45) is 4.02. The van der Waals surface area contributed by atoms with Crippen molar-refractivity contribution in [2.45, 2.75) is 38.5 Å². The third kappa shape index (κ3) is 5.24. The molecule has 0 fully saturated rings. The van der Waals surface area contributed by atoms with Crippen LogP contribution in [0.5, 0.6) is 0 Å². The van der Waals surface area contributed by atoms with Crippen molar-refractivity contribution in [3.8, 4) is 0 Å². The molecule has 0 aliphatic heterocycles. The van der Waals surface area contributed by atoms with E-state index in [1.807, 2.05) is 11.8 Å². The fourth-order valence-electron chi connectivity index (χ4n) is 1.42. The molecule has 2 heteroatoms. The molecule has 15 heavy (non-hydrogen) atoms. The Hall–Kier alpha value is -0.470. The third-order valence-corrected chi connectivity index (χ3v) is 3.53. The third-order valence-electron chi connectivity index (χ3n) is 2.42. The van der Waals surface area contributed by atoms with Crippen LogP contribution in [-0.4, -0.2) is 5.75 Å². The largest absolute Gasteiger partial charge is 0.326 e. The van der Waals surface area contributed by atoms with Crippen LogP contribution in [0.25, 0.3) is 0 Å². The number of benzene rings is 1. The van der Waals surface area contributed by atoms with Crippen molar-refractivity contribution in [2.75, 3.05) is 5.75 Å². The molecule has 0 aromatic heterocycles. The summed E-state index contributed by atoms with van der Waals surface area (Å²) in [5, 5.41) is 0. The second-order valence-corrected chi connectivity index (χ2v) is 4.89. The SMILES string of the molecule is CCCCCSCc1ccc(CN)cc1. The van der Waals surface area contributed by atoms with Crippen LogP contribution in [0.1, 0.15) is 37.3 Å². The highest BCUT2D eigenvalue weighted by molar-refractivity contribution is 7.98. The number of nitrogens with two attached hydrogens (primary N) is 1. The first-order chi connectivity index (χ1) is 7.36. The van der Waals surface area contributed by atoms with E-state index in [2.05, 4.69) is 31.2 Å². The first-order valence-corrected chi connectivity index (χ1v) is 6.88. The van der Waals surface area contributed by atoms with Gasteiger partial charge in [0, 0.05) is 12.3 Å². The zero-order valence-electron chi connectivity index (χ0n) is 9.54. The lowest BCUT2D eigenvalue weighted by Gasteiger charge is -2.02. The van der Waals surface area contributed by atoms with Crippen molar-refractivity contribution in [1.29, 1.82) is 0 Å². The Kier molecular flexibility index (Phi) is 6.53. The van der Waals surface area contributed by atoms with Crippen molar-refractivity contribution in [3.05, 3.63) is 35.4 Å². The predicted octanol–water partition coefficient (Wildman–Crippen LogP) is 3.57. The van der Waals surface area contributed by atoms with Crippen LogP contribution in [0, 0.1) is 0 Å². The molecule has 1 nitrogen and oxygen atoms in total. The van der Waals surface area contributed by atoms with Gasteiger partial charge in [0.15, 0.2) is 0 Å². The van der Waals surface area contributed by atoms with E-state index in [-0.39, 0.29) is 0 Å². The quantitative estimate of drug-likeness (QED) is 0.715. The Balaban J connectivity index is 2.20. The minimum atomic E-state index is 0.643. The maximum Gasteiger partial charge on any atom is 0.0184 e. The van der Waals surface area contributed by atoms with E-state index in [0.717, 1.165) is 5.75 Å². The van der Waals surface area contributed by atoms with Gasteiger partial charge in [0.05, 0.1) is 0 Å². The fourth-order valence-corrected chi connectivity index (χ4v) is 2.40. The second-order valence-electron chi connectivity index (χ2n) is 3.78. The Labute approximate surface area is 97.4 Å². The smallest absolute Gasteiger partial charge is 0.0184 e. The van der Waals surface area contributed by atoms with E-state index in [4.69, 9.17) is 5.73 Å². The van der Waals surface area contributed by atoms with Crippen molar-refractivity contribution in [2.24, 2.45) is 5.73 Å². The molecular weight excluding hydrogens is 202 g/mol. The van der Waals surface area contributed by atoms with E-state index >= 15 is 0 Å². The topological polar surface area (TPSA) is 26.0 Å². The van der Waals surface area contributed by atoms with E-state index in [9.17, 15) is 0 Å². The zero-order chi connectivity index (χ0) is 10.9. The van der Waals surface area contributed by atoms with Gasteiger partial charge in [-0.1, -0.05) is 44.0 Å². The lowest BCUT2D eigenvalue weighted by molar-refractivity contribution is 0.778. The molecule has 0 saturated carbocycles. The van der Waals surface area contributed by atoms with Crippen molar-refractivity contribution in [3.63, 3.8) is 0 Å². The van der Waals surface area contributed by atoms with Gasteiger partial charge in [0.25, 0.3) is 0 Å². The summed E-state index contributed by atoms with van der Waals surface area (Å²) >= 11 is 2.03. The first kappa shape index (κ1) is 12.6. The van der Waals surface area contributed by atoms with Crippen LogP contribution in [-0.2, 0) is 12.3 Å². The van der Waals surface area contributed by atoms with Crippen molar-refractivity contribution < 1.29 is 0 Å². The monoisotopic (exact) mass is 223 g/mol. The highest BCUT2D eigenvalue weighted by Crippen LogP contribution is 2.14. The normalized spacial score (nSPS) is 10.5. The number of thioether (sulfide) groups is 1. The average Bonchev–Trinajstić information content (AvgIpc) is 2.30. The van der Waals surface area contributed by atoms with Crippen molar-refractivity contribution >= 4 is 11.8 Å². The summed E-state index contributed by atoms with van der Waals surface area (Å²) in [5.41, 5.74) is 8.18. The van der Waals surface area contributed by atoms with Crippen LogP contribution in [0.15, 0.2) is 24.3 Å². The highest BCUT2D eigenvalue weighted by atomic mass is 32.2. The van der Waals surface area contributed by atoms with Gasteiger partial charge >= 0.3 is 0 Å². The zero-order valence-corrected chi connectivity index (χ0v) is 10.4. The van der Waals surface area contributed by atoms with E-state index in [0.29, 0.717) is 6.54 Å². The molecule has 0 aliphatic rings. The molecule has 0 bridgehead atoms. The van der Waals surface area contributed by atoms with Gasteiger partial charge in [-0.2, -0.15) is 11.8 Å². The lowest BCUT2D eigenvalue weighted by Crippen LogP contribution is -1.95. The van der Waals surface area contributed by atoms with Gasteiger partial charge in [0.1, 0.15) is 0 Å². The van der Waals surface area contributed by atoms with Crippen LogP contribution in [0.4, 0.5) is 0 Å². The number of unbranched alkanes of at least 4 members (excludes halogenated alkanes) is 2. The second kappa shape index (κ2) is 7.77. The molecule has 0 amide bonds. The molecular formula is C13H21NS. The van der Waals surface area contributed by atoms with Gasteiger partial charge in [-0.3, -0.25) is 0 Å². The molecule has 1 rings (SSSR count). The number of rotatable bonds is 7. The Morgan fingerprint density at radius 1 is 1.07 bits per heavy atom. The molecule has 2 N–H and O–H groups in total. The predicted molar refractivity (Wildman–Crippen MR) is 70.0 cm³/mol. The molecule has 1 aromatic carbocycles. The van der Waals surface area contributed by atoms with Crippen LogP contribution in [0.3, 0.4) is 0 Å². The van der Waals surface area contributed by atoms with Gasteiger partial charge in [-0.05, 0) is 23.3 Å². The average molecular weight is 223 g/mol. The summed E-state index contributed by atoms with van der Waals surface area (Å²) in [5.74, 6) is 2.42. The van der Waals surface area contributed by atoms with Crippen LogP contribution < -0.4 is 5.73 Å². The van der Waals surface area contributed by atoms with Gasteiger partial charge in [-0.15, -0.1) is 0 Å². The summed E-state index contributed by atoms with van der Waals surface area (Å²) in [6, 6.07) is 8.63. The van der Waals surface area contributed by atoms with E-state index < -0.39 is 0 Å². The molecule has 0 aliphatic carbocycles. The van der Waals surface area contributed by atoms with Crippen molar-refractivity contribution in [1.82, 2.24) is 0 Å². The highest BCUT2D eigenvalue weighted by Gasteiger charge is 1.94. The maximum absolute atomic E-state index is 5.55.